The number of benzene rings is 2. The fourth-order valence-corrected chi connectivity index (χ4v) is 5.26. The van der Waals surface area contributed by atoms with E-state index in [-0.39, 0.29) is 17.9 Å². The average Bonchev–Trinajstić information content (AvgIpc) is 2.79. The molecule has 2 aromatic rings. The van der Waals surface area contributed by atoms with Gasteiger partial charge in [-0.05, 0) is 61.1 Å². The Kier molecular flexibility index (Phi) is 7.14. The maximum atomic E-state index is 13.0. The van der Waals surface area contributed by atoms with E-state index in [1.165, 1.54) is 4.31 Å². The molecule has 0 bridgehead atoms. The molecule has 3 rings (SSSR count). The normalized spacial score (nSPS) is 16.6. The first-order valence-corrected chi connectivity index (χ1v) is 12.1. The summed E-state index contributed by atoms with van der Waals surface area (Å²) in [5.74, 6) is 0.0727. The van der Waals surface area contributed by atoms with Crippen LogP contribution in [0.2, 0.25) is 0 Å². The molecular weight excluding hydrogens is 410 g/mol. The van der Waals surface area contributed by atoms with Crippen molar-refractivity contribution in [1.29, 1.82) is 5.26 Å². The van der Waals surface area contributed by atoms with Crippen molar-refractivity contribution in [1.82, 2.24) is 9.62 Å². The van der Waals surface area contributed by atoms with Crippen molar-refractivity contribution < 1.29 is 13.2 Å². The minimum Gasteiger partial charge on any atom is -0.349 e. The SMILES string of the molecule is CC(C)c1ccc(S(=O)(=O)N2CCC(C(=O)NC(C)c3ccc(C#N)cc3)CC2)cc1. The Morgan fingerprint density at radius 2 is 1.55 bits per heavy atom. The number of nitriles is 1. The number of nitrogens with zero attached hydrogens (tertiary/aromatic N) is 2. The van der Waals surface area contributed by atoms with Gasteiger partial charge in [-0.2, -0.15) is 9.57 Å². The summed E-state index contributed by atoms with van der Waals surface area (Å²) in [6, 6.07) is 16.1. The second-order valence-corrected chi connectivity index (χ2v) is 10.3. The zero-order chi connectivity index (χ0) is 22.6. The van der Waals surface area contributed by atoms with Crippen molar-refractivity contribution in [2.75, 3.05) is 13.1 Å². The molecule has 1 fully saturated rings. The molecule has 0 spiro atoms. The van der Waals surface area contributed by atoms with Gasteiger partial charge in [0.25, 0.3) is 0 Å². The van der Waals surface area contributed by atoms with Crippen LogP contribution in [0.5, 0.6) is 0 Å². The van der Waals surface area contributed by atoms with E-state index >= 15 is 0 Å². The highest BCUT2D eigenvalue weighted by atomic mass is 32.2. The predicted octanol–water partition coefficient (Wildman–Crippen LogP) is 3.96. The van der Waals surface area contributed by atoms with Crippen LogP contribution in [-0.4, -0.2) is 31.7 Å². The minimum absolute atomic E-state index is 0.0600. The van der Waals surface area contributed by atoms with Crippen molar-refractivity contribution in [3.8, 4) is 6.07 Å². The standard InChI is InChI=1S/C24H29N3O3S/c1-17(2)20-8-10-23(11-9-20)31(29,30)27-14-12-22(13-15-27)24(28)26-18(3)21-6-4-19(16-25)5-7-21/h4-11,17-18,22H,12-15H2,1-3H3,(H,26,28). The topological polar surface area (TPSA) is 90.3 Å². The van der Waals surface area contributed by atoms with Gasteiger partial charge in [0.1, 0.15) is 0 Å². The molecule has 164 valence electrons. The molecule has 0 saturated carbocycles. The highest BCUT2D eigenvalue weighted by Gasteiger charge is 2.32. The molecular formula is C24H29N3O3S. The van der Waals surface area contributed by atoms with E-state index < -0.39 is 10.0 Å². The Hall–Kier alpha value is -2.69. The van der Waals surface area contributed by atoms with Gasteiger partial charge in [-0.15, -0.1) is 0 Å². The summed E-state index contributed by atoms with van der Waals surface area (Å²) in [5.41, 5.74) is 2.61. The molecule has 0 radical (unpaired) electrons. The van der Waals surface area contributed by atoms with Crippen molar-refractivity contribution in [3.05, 3.63) is 65.2 Å². The van der Waals surface area contributed by atoms with Gasteiger partial charge in [0.2, 0.25) is 15.9 Å². The molecule has 7 heteroatoms. The Morgan fingerprint density at radius 3 is 2.06 bits per heavy atom. The third kappa shape index (κ3) is 5.33. The average molecular weight is 440 g/mol. The molecule has 1 unspecified atom stereocenters. The van der Waals surface area contributed by atoms with Gasteiger partial charge in [-0.25, -0.2) is 8.42 Å². The van der Waals surface area contributed by atoms with Gasteiger partial charge in [-0.1, -0.05) is 38.1 Å². The van der Waals surface area contributed by atoms with Crippen molar-refractivity contribution in [2.24, 2.45) is 5.92 Å². The number of rotatable bonds is 6. The number of hydrogen-bond acceptors (Lipinski definition) is 4. The molecule has 1 aliphatic heterocycles. The van der Waals surface area contributed by atoms with Crippen LogP contribution in [-0.2, 0) is 14.8 Å². The third-order valence-corrected chi connectivity index (χ3v) is 7.82. The summed E-state index contributed by atoms with van der Waals surface area (Å²) >= 11 is 0. The lowest BCUT2D eigenvalue weighted by molar-refractivity contribution is -0.126. The van der Waals surface area contributed by atoms with E-state index in [1.807, 2.05) is 31.2 Å². The van der Waals surface area contributed by atoms with Gasteiger partial charge in [-0.3, -0.25) is 4.79 Å². The van der Waals surface area contributed by atoms with Crippen LogP contribution < -0.4 is 5.32 Å². The number of piperidine rings is 1. The second-order valence-electron chi connectivity index (χ2n) is 8.37. The smallest absolute Gasteiger partial charge is 0.243 e. The van der Waals surface area contributed by atoms with Crippen LogP contribution in [0.3, 0.4) is 0 Å². The van der Waals surface area contributed by atoms with Crippen LogP contribution in [0, 0.1) is 17.2 Å². The first-order chi connectivity index (χ1) is 14.7. The molecule has 1 saturated heterocycles. The van der Waals surface area contributed by atoms with E-state index in [9.17, 15) is 13.2 Å². The highest BCUT2D eigenvalue weighted by molar-refractivity contribution is 7.89. The van der Waals surface area contributed by atoms with Gasteiger partial charge >= 0.3 is 0 Å². The Bertz CT molecular complexity index is 1050. The predicted molar refractivity (Wildman–Crippen MR) is 120 cm³/mol. The molecule has 1 amide bonds. The Labute approximate surface area is 184 Å². The molecule has 1 atom stereocenters. The van der Waals surface area contributed by atoms with Crippen molar-refractivity contribution >= 4 is 15.9 Å². The maximum Gasteiger partial charge on any atom is 0.243 e. The van der Waals surface area contributed by atoms with Crippen LogP contribution in [0.25, 0.3) is 0 Å². The summed E-state index contributed by atoms with van der Waals surface area (Å²) in [4.78, 5) is 13.0. The molecule has 0 aliphatic carbocycles. The first-order valence-electron chi connectivity index (χ1n) is 10.6. The fraction of sp³-hybridized carbons (Fsp3) is 0.417. The summed E-state index contributed by atoms with van der Waals surface area (Å²) < 4.78 is 27.4. The fourth-order valence-electron chi connectivity index (χ4n) is 3.79. The van der Waals surface area contributed by atoms with E-state index in [4.69, 9.17) is 5.26 Å². The lowest BCUT2D eigenvalue weighted by Gasteiger charge is -2.31. The summed E-state index contributed by atoms with van der Waals surface area (Å²) in [5, 5.41) is 11.9. The van der Waals surface area contributed by atoms with Crippen molar-refractivity contribution in [3.63, 3.8) is 0 Å². The monoisotopic (exact) mass is 439 g/mol. The third-order valence-electron chi connectivity index (χ3n) is 5.91. The van der Waals surface area contributed by atoms with E-state index in [0.717, 1.165) is 11.1 Å². The van der Waals surface area contributed by atoms with Gasteiger partial charge < -0.3 is 5.32 Å². The largest absolute Gasteiger partial charge is 0.349 e. The Balaban J connectivity index is 1.57. The summed E-state index contributed by atoms with van der Waals surface area (Å²) in [6.07, 6.45) is 0.991. The second kappa shape index (κ2) is 9.63. The summed E-state index contributed by atoms with van der Waals surface area (Å²) in [6.45, 7) is 6.71. The summed E-state index contributed by atoms with van der Waals surface area (Å²) in [7, 11) is -3.55. The van der Waals surface area contributed by atoms with Crippen LogP contribution in [0.4, 0.5) is 0 Å². The van der Waals surface area contributed by atoms with Gasteiger partial charge in [0.05, 0.1) is 22.6 Å². The van der Waals surface area contributed by atoms with Crippen LogP contribution >= 0.6 is 0 Å². The number of sulfonamides is 1. The number of carbonyl (C=O) groups excluding carboxylic acids is 1. The molecule has 1 aliphatic rings. The van der Waals surface area contributed by atoms with Crippen LogP contribution in [0.1, 0.15) is 62.3 Å². The molecule has 1 heterocycles. The zero-order valence-corrected chi connectivity index (χ0v) is 19.0. The quantitative estimate of drug-likeness (QED) is 0.738. The van der Waals surface area contributed by atoms with Crippen LogP contribution in [0.15, 0.2) is 53.4 Å². The molecule has 0 aromatic heterocycles. The lowest BCUT2D eigenvalue weighted by atomic mass is 9.96. The molecule has 1 N–H and O–H groups in total. The number of nitrogens with one attached hydrogen (secondary N) is 1. The van der Waals surface area contributed by atoms with E-state index in [2.05, 4.69) is 25.2 Å². The highest BCUT2D eigenvalue weighted by Crippen LogP contribution is 2.26. The Morgan fingerprint density at radius 1 is 1.00 bits per heavy atom. The maximum absolute atomic E-state index is 13.0. The zero-order valence-electron chi connectivity index (χ0n) is 18.2. The molecule has 6 nitrogen and oxygen atoms in total. The molecule has 31 heavy (non-hydrogen) atoms. The molecule has 2 aromatic carbocycles. The van der Waals surface area contributed by atoms with Gasteiger partial charge in [0, 0.05) is 19.0 Å². The first kappa shape index (κ1) is 23.0. The van der Waals surface area contributed by atoms with Crippen molar-refractivity contribution in [2.45, 2.75) is 50.5 Å². The lowest BCUT2D eigenvalue weighted by Crippen LogP contribution is -2.43. The number of hydrogen-bond donors (Lipinski definition) is 1. The number of amides is 1. The van der Waals surface area contributed by atoms with E-state index in [0.29, 0.717) is 42.3 Å². The van der Waals surface area contributed by atoms with Gasteiger partial charge in [0.15, 0.2) is 0 Å². The minimum atomic E-state index is -3.55. The number of carbonyl (C=O) groups is 1. The van der Waals surface area contributed by atoms with E-state index in [1.54, 1.807) is 24.3 Å².